The highest BCUT2D eigenvalue weighted by Gasteiger charge is 2.31. The smallest absolute Gasteiger partial charge is 0.246 e. The largest absolute Gasteiger partial charge is 0.507 e. The number of hydrogen-bond acceptors (Lipinski definition) is 6. The van der Waals surface area contributed by atoms with E-state index in [-0.39, 0.29) is 10.6 Å². The fraction of sp³-hybridized carbons (Fsp3) is 0.263. The Balaban J connectivity index is 1.53. The van der Waals surface area contributed by atoms with Crippen molar-refractivity contribution in [3.63, 3.8) is 0 Å². The number of aromatic hydroxyl groups is 1. The van der Waals surface area contributed by atoms with Gasteiger partial charge in [0.1, 0.15) is 16.5 Å². The molecule has 140 valence electrons. The molecule has 27 heavy (non-hydrogen) atoms. The maximum Gasteiger partial charge on any atom is 0.246 e. The monoisotopic (exact) mass is 384 g/mol. The Bertz CT molecular complexity index is 1090. The van der Waals surface area contributed by atoms with Crippen molar-refractivity contribution >= 4 is 26.9 Å². The molecule has 4 rings (SSSR count). The molecular formula is C19H20N4O3S. The molecule has 3 aromatic rings. The number of aryl methyl sites for hydroxylation is 1. The molecular weight excluding hydrogens is 364 g/mol. The number of benzene rings is 2. The zero-order valence-corrected chi connectivity index (χ0v) is 15.7. The van der Waals surface area contributed by atoms with Crippen LogP contribution >= 0.6 is 0 Å². The van der Waals surface area contributed by atoms with Gasteiger partial charge in [0.25, 0.3) is 0 Å². The van der Waals surface area contributed by atoms with Gasteiger partial charge in [0, 0.05) is 26.2 Å². The van der Waals surface area contributed by atoms with Crippen LogP contribution in [0.15, 0.2) is 53.6 Å². The number of phenols is 1. The molecule has 0 amide bonds. The molecule has 1 N–H and O–H groups in total. The molecule has 0 spiro atoms. The summed E-state index contributed by atoms with van der Waals surface area (Å²) in [6, 6.07) is 12.3. The van der Waals surface area contributed by atoms with Crippen molar-refractivity contribution < 1.29 is 13.5 Å². The van der Waals surface area contributed by atoms with Gasteiger partial charge in [0.05, 0.1) is 17.2 Å². The Kier molecular flexibility index (Phi) is 4.45. The zero-order chi connectivity index (χ0) is 19.0. The van der Waals surface area contributed by atoms with Gasteiger partial charge in [-0.05, 0) is 36.8 Å². The first-order valence-corrected chi connectivity index (χ1v) is 10.2. The molecule has 2 heterocycles. The summed E-state index contributed by atoms with van der Waals surface area (Å²) in [6.07, 6.45) is 1.72. The van der Waals surface area contributed by atoms with Crippen LogP contribution in [0.1, 0.15) is 5.56 Å². The predicted molar refractivity (Wildman–Crippen MR) is 103 cm³/mol. The first-order valence-electron chi connectivity index (χ1n) is 8.72. The van der Waals surface area contributed by atoms with E-state index in [1.165, 1.54) is 16.4 Å². The van der Waals surface area contributed by atoms with Gasteiger partial charge in [-0.25, -0.2) is 13.4 Å². The lowest BCUT2D eigenvalue weighted by Crippen LogP contribution is -2.49. The SMILES string of the molecule is Cc1ccc(O)c(S(=O)(=O)N2CCN(c3cnc4ccccc4n3)CC2)c1. The third kappa shape index (κ3) is 3.33. The van der Waals surface area contributed by atoms with Crippen LogP contribution in [0.4, 0.5) is 5.82 Å². The molecule has 0 saturated carbocycles. The van der Waals surface area contributed by atoms with E-state index >= 15 is 0 Å². The zero-order valence-electron chi connectivity index (χ0n) is 14.9. The van der Waals surface area contributed by atoms with E-state index in [0.717, 1.165) is 22.4 Å². The second kappa shape index (κ2) is 6.79. The Morgan fingerprint density at radius 2 is 1.70 bits per heavy atom. The Morgan fingerprint density at radius 3 is 2.44 bits per heavy atom. The summed E-state index contributed by atoms with van der Waals surface area (Å²) in [5.74, 6) is 0.521. The average molecular weight is 384 g/mol. The van der Waals surface area contributed by atoms with Crippen LogP contribution < -0.4 is 4.90 Å². The highest BCUT2D eigenvalue weighted by atomic mass is 32.2. The Labute approximate surface area is 158 Å². The van der Waals surface area contributed by atoms with E-state index in [0.29, 0.717) is 26.2 Å². The van der Waals surface area contributed by atoms with Crippen molar-refractivity contribution in [1.29, 1.82) is 0 Å². The third-order valence-corrected chi connectivity index (χ3v) is 6.66. The maximum atomic E-state index is 12.9. The van der Waals surface area contributed by atoms with Gasteiger partial charge >= 0.3 is 0 Å². The molecule has 0 aliphatic carbocycles. The van der Waals surface area contributed by atoms with E-state index in [1.807, 2.05) is 29.2 Å². The number of piperazine rings is 1. The minimum Gasteiger partial charge on any atom is -0.507 e. The Hall–Kier alpha value is -2.71. The minimum atomic E-state index is -3.73. The summed E-state index contributed by atoms with van der Waals surface area (Å²) >= 11 is 0. The van der Waals surface area contributed by atoms with E-state index in [4.69, 9.17) is 0 Å². The van der Waals surface area contributed by atoms with Gasteiger partial charge < -0.3 is 10.0 Å². The summed E-state index contributed by atoms with van der Waals surface area (Å²) in [7, 11) is -3.73. The number of rotatable bonds is 3. The molecule has 8 heteroatoms. The molecule has 7 nitrogen and oxygen atoms in total. The third-order valence-electron chi connectivity index (χ3n) is 4.73. The van der Waals surface area contributed by atoms with E-state index < -0.39 is 10.0 Å². The quantitative estimate of drug-likeness (QED) is 0.745. The highest BCUT2D eigenvalue weighted by molar-refractivity contribution is 7.89. The van der Waals surface area contributed by atoms with Gasteiger partial charge in [-0.2, -0.15) is 4.31 Å². The van der Waals surface area contributed by atoms with E-state index in [9.17, 15) is 13.5 Å². The topological polar surface area (TPSA) is 86.6 Å². The number of fused-ring (bicyclic) bond motifs is 1. The number of sulfonamides is 1. The first-order chi connectivity index (χ1) is 12.9. The second-order valence-electron chi connectivity index (χ2n) is 6.58. The van der Waals surface area contributed by atoms with Crippen molar-refractivity contribution in [3.05, 3.63) is 54.2 Å². The van der Waals surface area contributed by atoms with E-state index in [1.54, 1.807) is 19.2 Å². The standard InChI is InChI=1S/C19H20N4O3S/c1-14-6-7-17(24)18(12-14)27(25,26)23-10-8-22(9-11-23)19-13-20-15-4-2-3-5-16(15)21-19/h2-7,12-13,24H,8-11H2,1H3. The fourth-order valence-electron chi connectivity index (χ4n) is 3.22. The Morgan fingerprint density at radius 1 is 1.00 bits per heavy atom. The lowest BCUT2D eigenvalue weighted by molar-refractivity contribution is 0.379. The summed E-state index contributed by atoms with van der Waals surface area (Å²) in [4.78, 5) is 11.0. The first kappa shape index (κ1) is 17.7. The lowest BCUT2D eigenvalue weighted by Gasteiger charge is -2.34. The summed E-state index contributed by atoms with van der Waals surface area (Å²) in [5, 5.41) is 10.00. The van der Waals surface area contributed by atoms with Gasteiger partial charge in [-0.3, -0.25) is 4.98 Å². The number of nitrogens with zero attached hydrogens (tertiary/aromatic N) is 4. The highest BCUT2D eigenvalue weighted by Crippen LogP contribution is 2.28. The molecule has 0 radical (unpaired) electrons. The molecule has 1 fully saturated rings. The molecule has 2 aromatic carbocycles. The van der Waals surface area contributed by atoms with Crippen LogP contribution in [-0.2, 0) is 10.0 Å². The van der Waals surface area contributed by atoms with Crippen molar-refractivity contribution in [2.24, 2.45) is 0 Å². The summed E-state index contributed by atoms with van der Waals surface area (Å²) < 4.78 is 27.2. The van der Waals surface area contributed by atoms with Crippen molar-refractivity contribution in [3.8, 4) is 5.75 Å². The van der Waals surface area contributed by atoms with Crippen LogP contribution in [0.2, 0.25) is 0 Å². The lowest BCUT2D eigenvalue weighted by atomic mass is 10.2. The van der Waals surface area contributed by atoms with Crippen LogP contribution in [0.25, 0.3) is 11.0 Å². The predicted octanol–water partition coefficient (Wildman–Crippen LogP) is 2.15. The van der Waals surface area contributed by atoms with Crippen LogP contribution in [0, 0.1) is 6.92 Å². The molecule has 0 atom stereocenters. The number of aromatic nitrogens is 2. The molecule has 0 bridgehead atoms. The van der Waals surface area contributed by atoms with Crippen molar-refractivity contribution in [2.75, 3.05) is 31.1 Å². The molecule has 0 unspecified atom stereocenters. The molecule has 1 saturated heterocycles. The minimum absolute atomic E-state index is 0.0403. The van der Waals surface area contributed by atoms with Crippen molar-refractivity contribution in [1.82, 2.24) is 14.3 Å². The molecule has 1 aliphatic heterocycles. The van der Waals surface area contributed by atoms with Crippen LogP contribution in [-0.4, -0.2) is 54.0 Å². The summed E-state index contributed by atoms with van der Waals surface area (Å²) in [5.41, 5.74) is 2.43. The molecule has 1 aliphatic rings. The van der Waals surface area contributed by atoms with Crippen LogP contribution in [0.5, 0.6) is 5.75 Å². The van der Waals surface area contributed by atoms with Crippen LogP contribution in [0.3, 0.4) is 0 Å². The normalized spacial score (nSPS) is 16.0. The van der Waals surface area contributed by atoms with Gasteiger partial charge in [-0.1, -0.05) is 18.2 Å². The fourth-order valence-corrected chi connectivity index (χ4v) is 4.81. The van der Waals surface area contributed by atoms with Crippen molar-refractivity contribution in [2.45, 2.75) is 11.8 Å². The molecule has 1 aromatic heterocycles. The number of hydrogen-bond donors (Lipinski definition) is 1. The number of anilines is 1. The second-order valence-corrected chi connectivity index (χ2v) is 8.49. The summed E-state index contributed by atoms with van der Waals surface area (Å²) in [6.45, 7) is 3.47. The number of phenolic OH excluding ortho intramolecular Hbond substituents is 1. The van der Waals surface area contributed by atoms with Gasteiger partial charge in [0.15, 0.2) is 0 Å². The van der Waals surface area contributed by atoms with E-state index in [2.05, 4.69) is 9.97 Å². The number of para-hydroxylation sites is 2. The van der Waals surface area contributed by atoms with Gasteiger partial charge in [0.2, 0.25) is 10.0 Å². The van der Waals surface area contributed by atoms with Gasteiger partial charge in [-0.15, -0.1) is 0 Å². The average Bonchev–Trinajstić information content (AvgIpc) is 2.69. The maximum absolute atomic E-state index is 12.9.